The van der Waals surface area contributed by atoms with Gasteiger partial charge in [0, 0.05) is 17.8 Å². The van der Waals surface area contributed by atoms with Gasteiger partial charge < -0.3 is 4.42 Å². The Kier molecular flexibility index (Phi) is 2.02. The molecule has 3 rings (SSSR count). The zero-order valence-corrected chi connectivity index (χ0v) is 8.44. The van der Waals surface area contributed by atoms with Gasteiger partial charge in [0.1, 0.15) is 5.52 Å². The second-order valence-corrected chi connectivity index (χ2v) is 3.79. The van der Waals surface area contributed by atoms with Gasteiger partial charge in [-0.05, 0) is 25.3 Å². The van der Waals surface area contributed by atoms with Gasteiger partial charge in [-0.15, -0.1) is 0 Å². The van der Waals surface area contributed by atoms with E-state index in [0.717, 1.165) is 29.6 Å². The van der Waals surface area contributed by atoms with E-state index in [1.807, 2.05) is 12.1 Å². The second kappa shape index (κ2) is 3.50. The van der Waals surface area contributed by atoms with Crippen molar-refractivity contribution >= 4 is 16.8 Å². The Balaban J connectivity index is 2.17. The van der Waals surface area contributed by atoms with Crippen molar-refractivity contribution in [1.29, 1.82) is 0 Å². The molecule has 76 valence electrons. The standard InChI is InChI=1S/C12H12N2O/c1-2-7-13-10(5-1)9-4-3-6-11-12(9)14-8-15-11/h3-4,6,8H,1-2,5,7H2. The van der Waals surface area contributed by atoms with Crippen LogP contribution in [-0.4, -0.2) is 17.2 Å². The molecule has 1 aliphatic heterocycles. The summed E-state index contributed by atoms with van der Waals surface area (Å²) in [4.78, 5) is 8.81. The van der Waals surface area contributed by atoms with Gasteiger partial charge in [-0.2, -0.15) is 0 Å². The van der Waals surface area contributed by atoms with Crippen LogP contribution in [0.15, 0.2) is 34.0 Å². The zero-order valence-electron chi connectivity index (χ0n) is 8.44. The van der Waals surface area contributed by atoms with Crippen molar-refractivity contribution < 1.29 is 4.42 Å². The topological polar surface area (TPSA) is 38.4 Å². The van der Waals surface area contributed by atoms with Crippen LogP contribution in [0, 0.1) is 0 Å². The molecule has 0 bridgehead atoms. The van der Waals surface area contributed by atoms with Crippen LogP contribution < -0.4 is 0 Å². The highest BCUT2D eigenvalue weighted by atomic mass is 16.3. The molecule has 1 aliphatic rings. The van der Waals surface area contributed by atoms with Crippen molar-refractivity contribution in [2.24, 2.45) is 4.99 Å². The molecule has 0 spiro atoms. The molecular weight excluding hydrogens is 188 g/mol. The van der Waals surface area contributed by atoms with Gasteiger partial charge in [0.25, 0.3) is 0 Å². The summed E-state index contributed by atoms with van der Waals surface area (Å²) in [5.74, 6) is 0. The molecule has 2 heterocycles. The van der Waals surface area contributed by atoms with E-state index in [9.17, 15) is 0 Å². The minimum Gasteiger partial charge on any atom is -0.443 e. The van der Waals surface area contributed by atoms with Gasteiger partial charge in [-0.25, -0.2) is 4.98 Å². The highest BCUT2D eigenvalue weighted by Gasteiger charge is 2.12. The summed E-state index contributed by atoms with van der Waals surface area (Å²) >= 11 is 0. The molecule has 15 heavy (non-hydrogen) atoms. The maximum absolute atomic E-state index is 5.28. The summed E-state index contributed by atoms with van der Waals surface area (Å²) in [5, 5.41) is 0. The first-order valence-electron chi connectivity index (χ1n) is 5.31. The number of fused-ring (bicyclic) bond motifs is 1. The number of hydrogen-bond donors (Lipinski definition) is 0. The number of aromatic nitrogens is 1. The summed E-state index contributed by atoms with van der Waals surface area (Å²) in [5.41, 5.74) is 4.11. The summed E-state index contributed by atoms with van der Waals surface area (Å²) in [6.45, 7) is 0.948. The minimum absolute atomic E-state index is 0.848. The highest BCUT2D eigenvalue weighted by molar-refractivity contribution is 6.09. The second-order valence-electron chi connectivity index (χ2n) is 3.79. The van der Waals surface area contributed by atoms with Crippen molar-refractivity contribution in [1.82, 2.24) is 4.98 Å². The number of hydrogen-bond acceptors (Lipinski definition) is 3. The number of oxazole rings is 1. The molecule has 0 fully saturated rings. The molecule has 0 amide bonds. The van der Waals surface area contributed by atoms with E-state index < -0.39 is 0 Å². The fourth-order valence-corrected chi connectivity index (χ4v) is 2.04. The Hall–Kier alpha value is -1.64. The molecule has 3 nitrogen and oxygen atoms in total. The quantitative estimate of drug-likeness (QED) is 0.710. The van der Waals surface area contributed by atoms with Gasteiger partial charge in [0.15, 0.2) is 12.0 Å². The highest BCUT2D eigenvalue weighted by Crippen LogP contribution is 2.21. The van der Waals surface area contributed by atoms with Gasteiger partial charge in [-0.3, -0.25) is 4.99 Å². The molecule has 2 aromatic rings. The molecule has 0 N–H and O–H groups in total. The van der Waals surface area contributed by atoms with Crippen LogP contribution in [0.4, 0.5) is 0 Å². The molecule has 0 saturated heterocycles. The normalized spacial score (nSPS) is 16.7. The lowest BCUT2D eigenvalue weighted by atomic mass is 10.0. The third kappa shape index (κ3) is 1.44. The Morgan fingerprint density at radius 2 is 2.20 bits per heavy atom. The van der Waals surface area contributed by atoms with Crippen LogP contribution in [0.1, 0.15) is 24.8 Å². The van der Waals surface area contributed by atoms with Crippen molar-refractivity contribution in [3.63, 3.8) is 0 Å². The first-order chi connectivity index (χ1) is 7.45. The van der Waals surface area contributed by atoms with E-state index >= 15 is 0 Å². The SMILES string of the molecule is c1cc(C2=NCCCC2)c2ncoc2c1. The average Bonchev–Trinajstić information content (AvgIpc) is 2.78. The third-order valence-corrected chi connectivity index (χ3v) is 2.80. The minimum atomic E-state index is 0.848. The Bertz CT molecular complexity index is 513. The van der Waals surface area contributed by atoms with Crippen molar-refractivity contribution in [2.75, 3.05) is 6.54 Å². The van der Waals surface area contributed by atoms with E-state index in [1.165, 1.54) is 24.9 Å². The van der Waals surface area contributed by atoms with Gasteiger partial charge in [0.2, 0.25) is 0 Å². The van der Waals surface area contributed by atoms with E-state index in [-0.39, 0.29) is 0 Å². The van der Waals surface area contributed by atoms with Crippen LogP contribution in [0.3, 0.4) is 0 Å². The molecule has 0 aliphatic carbocycles. The number of aliphatic imine (C=N–C) groups is 1. The molecular formula is C12H12N2O. The summed E-state index contributed by atoms with van der Waals surface area (Å²) in [6.07, 6.45) is 4.99. The molecule has 0 radical (unpaired) electrons. The van der Waals surface area contributed by atoms with E-state index in [4.69, 9.17) is 4.42 Å². The lowest BCUT2D eigenvalue weighted by Gasteiger charge is -2.11. The first-order valence-corrected chi connectivity index (χ1v) is 5.31. The number of benzene rings is 1. The fraction of sp³-hybridized carbons (Fsp3) is 0.333. The molecule has 0 saturated carbocycles. The van der Waals surface area contributed by atoms with Crippen LogP contribution >= 0.6 is 0 Å². The average molecular weight is 200 g/mol. The van der Waals surface area contributed by atoms with E-state index in [1.54, 1.807) is 0 Å². The third-order valence-electron chi connectivity index (χ3n) is 2.80. The summed E-state index contributed by atoms with van der Waals surface area (Å²) in [6, 6.07) is 6.02. The molecule has 0 atom stereocenters. The number of rotatable bonds is 1. The maximum atomic E-state index is 5.28. The maximum Gasteiger partial charge on any atom is 0.182 e. The summed E-state index contributed by atoms with van der Waals surface area (Å²) < 4.78 is 5.28. The molecule has 0 unspecified atom stereocenters. The monoisotopic (exact) mass is 200 g/mol. The van der Waals surface area contributed by atoms with Crippen LogP contribution in [0.2, 0.25) is 0 Å². The Morgan fingerprint density at radius 3 is 3.07 bits per heavy atom. The predicted molar refractivity (Wildman–Crippen MR) is 59.3 cm³/mol. The van der Waals surface area contributed by atoms with Crippen molar-refractivity contribution in [3.05, 3.63) is 30.2 Å². The van der Waals surface area contributed by atoms with Crippen LogP contribution in [-0.2, 0) is 0 Å². The molecule has 1 aromatic carbocycles. The van der Waals surface area contributed by atoms with Gasteiger partial charge >= 0.3 is 0 Å². The smallest absolute Gasteiger partial charge is 0.182 e. The molecule has 1 aromatic heterocycles. The van der Waals surface area contributed by atoms with Gasteiger partial charge in [0.05, 0.1) is 0 Å². The Labute approximate surface area is 87.8 Å². The van der Waals surface area contributed by atoms with Crippen LogP contribution in [0.25, 0.3) is 11.1 Å². The molecule has 3 heteroatoms. The van der Waals surface area contributed by atoms with E-state index in [2.05, 4.69) is 16.0 Å². The lowest BCUT2D eigenvalue weighted by Crippen LogP contribution is -2.08. The first kappa shape index (κ1) is 8.65. The fourth-order valence-electron chi connectivity index (χ4n) is 2.04. The lowest BCUT2D eigenvalue weighted by molar-refractivity contribution is 0.602. The van der Waals surface area contributed by atoms with E-state index in [0.29, 0.717) is 0 Å². The Morgan fingerprint density at radius 1 is 1.20 bits per heavy atom. The number of para-hydroxylation sites is 1. The largest absolute Gasteiger partial charge is 0.443 e. The predicted octanol–water partition coefficient (Wildman–Crippen LogP) is 2.80. The van der Waals surface area contributed by atoms with Crippen LogP contribution in [0.5, 0.6) is 0 Å². The zero-order chi connectivity index (χ0) is 10.1. The van der Waals surface area contributed by atoms with Crippen molar-refractivity contribution in [3.8, 4) is 0 Å². The van der Waals surface area contributed by atoms with Gasteiger partial charge in [-0.1, -0.05) is 12.1 Å². The van der Waals surface area contributed by atoms with Crippen molar-refractivity contribution in [2.45, 2.75) is 19.3 Å². The number of nitrogens with zero attached hydrogens (tertiary/aromatic N) is 2. The summed E-state index contributed by atoms with van der Waals surface area (Å²) in [7, 11) is 0.